The summed E-state index contributed by atoms with van der Waals surface area (Å²) in [6.07, 6.45) is 1.90. The zero-order chi connectivity index (χ0) is 17.5. The Labute approximate surface area is 141 Å². The molecule has 2 N–H and O–H groups in total. The van der Waals surface area contributed by atoms with E-state index >= 15 is 0 Å². The Balaban J connectivity index is 1.89. The van der Waals surface area contributed by atoms with Gasteiger partial charge in [-0.2, -0.15) is 0 Å². The monoisotopic (exact) mass is 336 g/mol. The standard InChI is InChI=1S/C17H24N2O5/c1-11(12-6-7-14(22-2)15(9-12)23-3)19-17(21)16(20)18-10-13-5-4-8-24-13/h6-7,9,11,13H,4-5,8,10H2,1-3H3,(H,18,20)(H,19,21). The number of ether oxygens (including phenoxy) is 3. The second-order valence-electron chi connectivity index (χ2n) is 5.65. The van der Waals surface area contributed by atoms with Crippen molar-refractivity contribution < 1.29 is 23.8 Å². The number of methoxy groups -OCH3 is 2. The average molecular weight is 336 g/mol. The van der Waals surface area contributed by atoms with Gasteiger partial charge >= 0.3 is 11.8 Å². The van der Waals surface area contributed by atoms with E-state index in [4.69, 9.17) is 14.2 Å². The van der Waals surface area contributed by atoms with Crippen molar-refractivity contribution in [1.82, 2.24) is 10.6 Å². The van der Waals surface area contributed by atoms with Gasteiger partial charge in [0, 0.05) is 13.2 Å². The van der Waals surface area contributed by atoms with E-state index < -0.39 is 11.8 Å². The molecule has 0 aliphatic carbocycles. The second kappa shape index (κ2) is 8.54. The summed E-state index contributed by atoms with van der Waals surface area (Å²) < 4.78 is 15.8. The van der Waals surface area contributed by atoms with Gasteiger partial charge in [-0.3, -0.25) is 9.59 Å². The van der Waals surface area contributed by atoms with E-state index in [1.54, 1.807) is 33.3 Å². The summed E-state index contributed by atoms with van der Waals surface area (Å²) in [4.78, 5) is 23.9. The maximum Gasteiger partial charge on any atom is 0.309 e. The Kier molecular flexibility index (Phi) is 6.43. The molecule has 1 aromatic carbocycles. The molecule has 1 aliphatic heterocycles. The van der Waals surface area contributed by atoms with Crippen LogP contribution in [0.4, 0.5) is 0 Å². The van der Waals surface area contributed by atoms with E-state index in [0.717, 1.165) is 18.4 Å². The van der Waals surface area contributed by atoms with Gasteiger partial charge in [-0.1, -0.05) is 6.07 Å². The minimum atomic E-state index is -0.671. The van der Waals surface area contributed by atoms with Crippen molar-refractivity contribution in [3.63, 3.8) is 0 Å². The van der Waals surface area contributed by atoms with Gasteiger partial charge in [-0.05, 0) is 37.5 Å². The molecule has 2 rings (SSSR count). The lowest BCUT2D eigenvalue weighted by atomic mass is 10.1. The van der Waals surface area contributed by atoms with E-state index in [0.29, 0.717) is 24.7 Å². The number of rotatable bonds is 6. The number of hydrogen-bond donors (Lipinski definition) is 2. The Hall–Kier alpha value is -2.28. The van der Waals surface area contributed by atoms with Crippen LogP contribution in [-0.4, -0.2) is 45.3 Å². The van der Waals surface area contributed by atoms with Crippen molar-refractivity contribution >= 4 is 11.8 Å². The van der Waals surface area contributed by atoms with Crippen molar-refractivity contribution in [2.75, 3.05) is 27.4 Å². The second-order valence-corrected chi connectivity index (χ2v) is 5.65. The average Bonchev–Trinajstić information content (AvgIpc) is 3.12. The minimum absolute atomic E-state index is 0.00465. The number of nitrogens with one attached hydrogen (secondary N) is 2. The lowest BCUT2D eigenvalue weighted by Crippen LogP contribution is -2.43. The molecular formula is C17H24N2O5. The topological polar surface area (TPSA) is 85.9 Å². The summed E-state index contributed by atoms with van der Waals surface area (Å²) in [6.45, 7) is 2.87. The van der Waals surface area contributed by atoms with Crippen LogP contribution in [0.5, 0.6) is 11.5 Å². The molecule has 1 saturated heterocycles. The van der Waals surface area contributed by atoms with Crippen LogP contribution in [0, 0.1) is 0 Å². The van der Waals surface area contributed by atoms with Crippen molar-refractivity contribution in [2.24, 2.45) is 0 Å². The molecule has 2 atom stereocenters. The normalized spacial score (nSPS) is 17.9. The third-order valence-corrected chi connectivity index (χ3v) is 3.98. The van der Waals surface area contributed by atoms with Gasteiger partial charge in [0.1, 0.15) is 0 Å². The van der Waals surface area contributed by atoms with Crippen molar-refractivity contribution in [3.05, 3.63) is 23.8 Å². The molecule has 0 spiro atoms. The molecule has 24 heavy (non-hydrogen) atoms. The fourth-order valence-electron chi connectivity index (χ4n) is 2.56. The molecule has 7 nitrogen and oxygen atoms in total. The number of benzene rings is 1. The molecule has 1 heterocycles. The Morgan fingerprint density at radius 3 is 2.62 bits per heavy atom. The van der Waals surface area contributed by atoms with Crippen LogP contribution in [0.15, 0.2) is 18.2 Å². The summed E-state index contributed by atoms with van der Waals surface area (Å²) in [6, 6.07) is 5.00. The quantitative estimate of drug-likeness (QED) is 0.762. The summed E-state index contributed by atoms with van der Waals surface area (Å²) in [5.74, 6) is -0.152. The van der Waals surface area contributed by atoms with Crippen LogP contribution in [0.1, 0.15) is 31.4 Å². The summed E-state index contributed by atoms with van der Waals surface area (Å²) in [5.41, 5.74) is 0.813. The SMILES string of the molecule is COc1ccc(C(C)NC(=O)C(=O)NCC2CCCO2)cc1OC. The van der Waals surface area contributed by atoms with Gasteiger partial charge < -0.3 is 24.8 Å². The van der Waals surface area contributed by atoms with Gasteiger partial charge in [0.2, 0.25) is 0 Å². The van der Waals surface area contributed by atoms with Gasteiger partial charge in [0.15, 0.2) is 11.5 Å². The first kappa shape index (κ1) is 18.1. The van der Waals surface area contributed by atoms with Crippen LogP contribution < -0.4 is 20.1 Å². The highest BCUT2D eigenvalue weighted by molar-refractivity contribution is 6.35. The number of carbonyl (C=O) groups is 2. The maximum absolute atomic E-state index is 12.0. The highest BCUT2D eigenvalue weighted by atomic mass is 16.5. The third kappa shape index (κ3) is 4.61. The molecule has 0 aromatic heterocycles. The van der Waals surface area contributed by atoms with Crippen LogP contribution in [0.2, 0.25) is 0 Å². The molecule has 1 fully saturated rings. The number of hydrogen-bond acceptors (Lipinski definition) is 5. The van der Waals surface area contributed by atoms with Crippen LogP contribution in [0.3, 0.4) is 0 Å². The Morgan fingerprint density at radius 1 is 1.25 bits per heavy atom. The fourth-order valence-corrected chi connectivity index (χ4v) is 2.56. The largest absolute Gasteiger partial charge is 0.493 e. The molecule has 2 amide bonds. The minimum Gasteiger partial charge on any atom is -0.493 e. The molecule has 2 unspecified atom stereocenters. The third-order valence-electron chi connectivity index (χ3n) is 3.98. The van der Waals surface area contributed by atoms with Crippen LogP contribution >= 0.6 is 0 Å². The molecule has 132 valence electrons. The summed E-state index contributed by atoms with van der Waals surface area (Å²) >= 11 is 0. The first-order valence-electron chi connectivity index (χ1n) is 7.97. The summed E-state index contributed by atoms with van der Waals surface area (Å²) in [5, 5.41) is 5.27. The van der Waals surface area contributed by atoms with Crippen LogP contribution in [0.25, 0.3) is 0 Å². The van der Waals surface area contributed by atoms with Gasteiger partial charge in [-0.15, -0.1) is 0 Å². The predicted molar refractivity (Wildman–Crippen MR) is 88.1 cm³/mol. The smallest absolute Gasteiger partial charge is 0.309 e. The molecule has 1 aromatic rings. The zero-order valence-electron chi connectivity index (χ0n) is 14.3. The molecule has 0 saturated carbocycles. The first-order chi connectivity index (χ1) is 11.5. The Morgan fingerprint density at radius 2 is 2.00 bits per heavy atom. The zero-order valence-corrected chi connectivity index (χ0v) is 14.3. The van der Waals surface area contributed by atoms with Gasteiger partial charge in [-0.25, -0.2) is 0 Å². The number of carbonyl (C=O) groups excluding carboxylic acids is 2. The lowest BCUT2D eigenvalue weighted by Gasteiger charge is -2.17. The van der Waals surface area contributed by atoms with Crippen molar-refractivity contribution in [1.29, 1.82) is 0 Å². The van der Waals surface area contributed by atoms with Gasteiger partial charge in [0.05, 0.1) is 26.4 Å². The summed E-state index contributed by atoms with van der Waals surface area (Å²) in [7, 11) is 3.10. The van der Waals surface area contributed by atoms with E-state index in [9.17, 15) is 9.59 Å². The number of amides is 2. The van der Waals surface area contributed by atoms with E-state index in [-0.39, 0.29) is 12.1 Å². The van der Waals surface area contributed by atoms with E-state index in [2.05, 4.69) is 10.6 Å². The van der Waals surface area contributed by atoms with E-state index in [1.807, 2.05) is 6.07 Å². The highest BCUT2D eigenvalue weighted by Crippen LogP contribution is 2.29. The molecule has 0 bridgehead atoms. The van der Waals surface area contributed by atoms with E-state index in [1.165, 1.54) is 0 Å². The molecule has 0 radical (unpaired) electrons. The maximum atomic E-state index is 12.0. The molecule has 7 heteroatoms. The Bertz CT molecular complexity index is 584. The lowest BCUT2D eigenvalue weighted by molar-refractivity contribution is -0.139. The molecular weight excluding hydrogens is 312 g/mol. The van der Waals surface area contributed by atoms with Crippen LogP contribution in [-0.2, 0) is 14.3 Å². The molecule has 1 aliphatic rings. The highest BCUT2D eigenvalue weighted by Gasteiger charge is 2.21. The van der Waals surface area contributed by atoms with Crippen molar-refractivity contribution in [3.8, 4) is 11.5 Å². The first-order valence-corrected chi connectivity index (χ1v) is 7.97. The predicted octanol–water partition coefficient (Wildman–Crippen LogP) is 1.18. The fraction of sp³-hybridized carbons (Fsp3) is 0.529. The van der Waals surface area contributed by atoms with Gasteiger partial charge in [0.25, 0.3) is 0 Å². The van der Waals surface area contributed by atoms with Crippen molar-refractivity contribution in [2.45, 2.75) is 31.9 Å².